The maximum absolute atomic E-state index is 12.6. The summed E-state index contributed by atoms with van der Waals surface area (Å²) in [5, 5.41) is 0. The SMILES string of the molecule is CCN(c1ccc(NS(=O)(=O)c2ccc(OC)cc2)cc1)c1cccc(C)c1. The maximum Gasteiger partial charge on any atom is 0.261 e. The second kappa shape index (κ2) is 8.35. The number of sulfonamides is 1. The summed E-state index contributed by atoms with van der Waals surface area (Å²) < 4.78 is 32.8. The van der Waals surface area contributed by atoms with Crippen molar-refractivity contribution in [1.29, 1.82) is 0 Å². The van der Waals surface area contributed by atoms with E-state index in [1.807, 2.05) is 18.2 Å². The monoisotopic (exact) mass is 396 g/mol. The van der Waals surface area contributed by atoms with Crippen LogP contribution in [-0.2, 0) is 10.0 Å². The third-order valence-corrected chi connectivity index (χ3v) is 5.83. The minimum Gasteiger partial charge on any atom is -0.497 e. The van der Waals surface area contributed by atoms with Crippen molar-refractivity contribution in [3.63, 3.8) is 0 Å². The average molecular weight is 397 g/mol. The van der Waals surface area contributed by atoms with Gasteiger partial charge in [0.1, 0.15) is 5.75 Å². The van der Waals surface area contributed by atoms with Crippen LogP contribution in [0.25, 0.3) is 0 Å². The lowest BCUT2D eigenvalue weighted by molar-refractivity contribution is 0.414. The van der Waals surface area contributed by atoms with Gasteiger partial charge < -0.3 is 9.64 Å². The van der Waals surface area contributed by atoms with E-state index in [0.29, 0.717) is 11.4 Å². The molecule has 0 aliphatic carbocycles. The summed E-state index contributed by atoms with van der Waals surface area (Å²) in [5.74, 6) is 0.610. The molecule has 0 bridgehead atoms. The van der Waals surface area contributed by atoms with Gasteiger partial charge in [0.15, 0.2) is 0 Å². The highest BCUT2D eigenvalue weighted by Crippen LogP contribution is 2.28. The third-order valence-electron chi connectivity index (χ3n) is 4.43. The molecule has 0 radical (unpaired) electrons. The quantitative estimate of drug-likeness (QED) is 0.613. The number of hydrogen-bond acceptors (Lipinski definition) is 4. The fourth-order valence-electron chi connectivity index (χ4n) is 2.99. The van der Waals surface area contributed by atoms with Crippen molar-refractivity contribution in [2.75, 3.05) is 23.3 Å². The first kappa shape index (κ1) is 19.8. The molecule has 1 N–H and O–H groups in total. The molecular formula is C22H24N2O3S. The molecule has 3 rings (SSSR count). The van der Waals surface area contributed by atoms with Crippen LogP contribution in [0.1, 0.15) is 12.5 Å². The Labute approximate surface area is 166 Å². The van der Waals surface area contributed by atoms with E-state index in [-0.39, 0.29) is 4.90 Å². The molecule has 0 unspecified atom stereocenters. The van der Waals surface area contributed by atoms with Crippen LogP contribution in [0.4, 0.5) is 17.1 Å². The highest BCUT2D eigenvalue weighted by Gasteiger charge is 2.15. The zero-order chi connectivity index (χ0) is 20.1. The summed E-state index contributed by atoms with van der Waals surface area (Å²) in [5.41, 5.74) is 3.81. The highest BCUT2D eigenvalue weighted by molar-refractivity contribution is 7.92. The molecule has 0 aliphatic heterocycles. The second-order valence-electron chi connectivity index (χ2n) is 6.41. The molecule has 0 saturated carbocycles. The van der Waals surface area contributed by atoms with Gasteiger partial charge in [0.25, 0.3) is 10.0 Å². The Morgan fingerprint density at radius 2 is 1.61 bits per heavy atom. The van der Waals surface area contributed by atoms with E-state index in [0.717, 1.165) is 17.9 Å². The van der Waals surface area contributed by atoms with Gasteiger partial charge in [-0.2, -0.15) is 0 Å². The van der Waals surface area contributed by atoms with Crippen LogP contribution in [0.15, 0.2) is 77.7 Å². The number of methoxy groups -OCH3 is 1. The molecule has 0 saturated heterocycles. The van der Waals surface area contributed by atoms with E-state index in [2.05, 4.69) is 41.7 Å². The largest absolute Gasteiger partial charge is 0.497 e. The normalized spacial score (nSPS) is 11.1. The van der Waals surface area contributed by atoms with Crippen LogP contribution < -0.4 is 14.4 Å². The van der Waals surface area contributed by atoms with E-state index in [9.17, 15) is 8.42 Å². The van der Waals surface area contributed by atoms with Crippen LogP contribution in [0, 0.1) is 6.92 Å². The number of ether oxygens (including phenoxy) is 1. The van der Waals surface area contributed by atoms with Crippen molar-refractivity contribution in [1.82, 2.24) is 0 Å². The molecule has 3 aromatic carbocycles. The van der Waals surface area contributed by atoms with Gasteiger partial charge in [-0.3, -0.25) is 4.72 Å². The highest BCUT2D eigenvalue weighted by atomic mass is 32.2. The van der Waals surface area contributed by atoms with Crippen molar-refractivity contribution in [2.24, 2.45) is 0 Å². The van der Waals surface area contributed by atoms with Crippen molar-refractivity contribution >= 4 is 27.1 Å². The molecule has 5 nitrogen and oxygen atoms in total. The summed E-state index contributed by atoms with van der Waals surface area (Å²) in [6.07, 6.45) is 0. The Balaban J connectivity index is 1.79. The van der Waals surface area contributed by atoms with Gasteiger partial charge in [-0.15, -0.1) is 0 Å². The zero-order valence-electron chi connectivity index (χ0n) is 16.2. The van der Waals surface area contributed by atoms with Gasteiger partial charge in [0.05, 0.1) is 12.0 Å². The van der Waals surface area contributed by atoms with Gasteiger partial charge in [-0.05, 0) is 80.1 Å². The number of nitrogens with zero attached hydrogens (tertiary/aromatic N) is 1. The summed E-state index contributed by atoms with van der Waals surface area (Å²) in [6.45, 7) is 4.96. The van der Waals surface area contributed by atoms with Crippen molar-refractivity contribution < 1.29 is 13.2 Å². The summed E-state index contributed by atoms with van der Waals surface area (Å²) >= 11 is 0. The van der Waals surface area contributed by atoms with Crippen LogP contribution in [0.3, 0.4) is 0 Å². The van der Waals surface area contributed by atoms with Crippen LogP contribution in [0.2, 0.25) is 0 Å². The number of rotatable bonds is 7. The molecular weight excluding hydrogens is 372 g/mol. The molecule has 0 aliphatic rings. The van der Waals surface area contributed by atoms with E-state index in [4.69, 9.17) is 4.74 Å². The van der Waals surface area contributed by atoms with Gasteiger partial charge in [-0.25, -0.2) is 8.42 Å². The first-order chi connectivity index (χ1) is 13.4. The maximum atomic E-state index is 12.6. The fourth-order valence-corrected chi connectivity index (χ4v) is 4.05. The first-order valence-electron chi connectivity index (χ1n) is 9.04. The first-order valence-corrected chi connectivity index (χ1v) is 10.5. The van der Waals surface area contributed by atoms with E-state index in [1.54, 1.807) is 31.4 Å². The lowest BCUT2D eigenvalue weighted by Gasteiger charge is -2.24. The molecule has 0 amide bonds. The predicted molar refractivity (Wildman–Crippen MR) is 114 cm³/mol. The van der Waals surface area contributed by atoms with Gasteiger partial charge >= 0.3 is 0 Å². The van der Waals surface area contributed by atoms with Crippen LogP contribution >= 0.6 is 0 Å². The van der Waals surface area contributed by atoms with Gasteiger partial charge in [0.2, 0.25) is 0 Å². The van der Waals surface area contributed by atoms with E-state index >= 15 is 0 Å². The smallest absolute Gasteiger partial charge is 0.261 e. The standard InChI is InChI=1S/C22H24N2O3S/c1-4-24(20-7-5-6-17(2)16-20)19-10-8-18(9-11-19)23-28(25,26)22-14-12-21(27-3)13-15-22/h5-16,23H,4H2,1-3H3. The Hall–Kier alpha value is -2.99. The zero-order valence-corrected chi connectivity index (χ0v) is 17.0. The van der Waals surface area contributed by atoms with Crippen molar-refractivity contribution in [2.45, 2.75) is 18.7 Å². The van der Waals surface area contributed by atoms with Crippen LogP contribution in [-0.4, -0.2) is 22.1 Å². The molecule has 0 spiro atoms. The van der Waals surface area contributed by atoms with Gasteiger partial charge in [0, 0.05) is 23.6 Å². The summed E-state index contributed by atoms with van der Waals surface area (Å²) in [7, 11) is -2.11. The molecule has 0 heterocycles. The molecule has 28 heavy (non-hydrogen) atoms. The Morgan fingerprint density at radius 1 is 0.929 bits per heavy atom. The molecule has 146 valence electrons. The van der Waals surface area contributed by atoms with Crippen molar-refractivity contribution in [3.8, 4) is 5.75 Å². The van der Waals surface area contributed by atoms with E-state index in [1.165, 1.54) is 17.7 Å². The third kappa shape index (κ3) is 4.46. The number of aryl methyl sites for hydroxylation is 1. The molecule has 0 fully saturated rings. The number of hydrogen-bond donors (Lipinski definition) is 1. The second-order valence-corrected chi connectivity index (χ2v) is 8.09. The topological polar surface area (TPSA) is 58.6 Å². The fraction of sp³-hybridized carbons (Fsp3) is 0.182. The van der Waals surface area contributed by atoms with Crippen molar-refractivity contribution in [3.05, 3.63) is 78.4 Å². The number of benzene rings is 3. The molecule has 0 atom stereocenters. The minimum absolute atomic E-state index is 0.187. The summed E-state index contributed by atoms with van der Waals surface area (Å²) in [6, 6.07) is 22.0. The molecule has 0 aromatic heterocycles. The Morgan fingerprint density at radius 3 is 2.18 bits per heavy atom. The molecule has 3 aromatic rings. The number of anilines is 3. The Bertz CT molecular complexity index is 1030. The lowest BCUT2D eigenvalue weighted by atomic mass is 10.2. The summed E-state index contributed by atoms with van der Waals surface area (Å²) in [4.78, 5) is 2.36. The average Bonchev–Trinajstić information content (AvgIpc) is 2.70. The van der Waals surface area contributed by atoms with Crippen LogP contribution in [0.5, 0.6) is 5.75 Å². The predicted octanol–water partition coefficient (Wildman–Crippen LogP) is 4.96. The lowest BCUT2D eigenvalue weighted by Crippen LogP contribution is -2.16. The Kier molecular flexibility index (Phi) is 5.90. The van der Waals surface area contributed by atoms with Gasteiger partial charge in [-0.1, -0.05) is 12.1 Å². The number of nitrogens with one attached hydrogen (secondary N) is 1. The minimum atomic E-state index is -3.65. The molecule has 6 heteroatoms. The van der Waals surface area contributed by atoms with E-state index < -0.39 is 10.0 Å².